The molecule has 2 heterocycles. The third-order valence-corrected chi connectivity index (χ3v) is 12.3. The number of amides is 2. The number of benzene rings is 8. The van der Waals surface area contributed by atoms with Crippen molar-refractivity contribution in [1.29, 1.82) is 0 Å². The van der Waals surface area contributed by atoms with Crippen molar-refractivity contribution in [2.45, 2.75) is 41.5 Å². The van der Waals surface area contributed by atoms with Crippen molar-refractivity contribution in [3.8, 4) is 50.2 Å². The monoisotopic (exact) mass is 776 g/mol. The molecule has 1 aliphatic heterocycles. The first-order valence-electron chi connectivity index (χ1n) is 20.6. The summed E-state index contributed by atoms with van der Waals surface area (Å²) in [5, 5.41) is 2.15. The lowest BCUT2D eigenvalue weighted by atomic mass is 9.92. The molecule has 60 heavy (non-hydrogen) atoms. The van der Waals surface area contributed by atoms with Crippen LogP contribution >= 0.6 is 0 Å². The number of aryl methyl sites for hydroxylation is 6. The number of carbonyl (C=O) groups is 2. The summed E-state index contributed by atoms with van der Waals surface area (Å²) >= 11 is 0. The molecule has 0 saturated heterocycles. The van der Waals surface area contributed by atoms with Crippen LogP contribution in [0.4, 0.5) is 5.69 Å². The molecular weight excluding hydrogens is 733 g/mol. The number of aromatic nitrogens is 1. The van der Waals surface area contributed by atoms with Gasteiger partial charge in [0.1, 0.15) is 0 Å². The van der Waals surface area contributed by atoms with Gasteiger partial charge in [-0.25, -0.2) is 4.90 Å². The number of hydrogen-bond donors (Lipinski definition) is 0. The number of carbonyl (C=O) groups excluding carboxylic acids is 2. The summed E-state index contributed by atoms with van der Waals surface area (Å²) < 4.78 is 2.23. The second-order valence-electron chi connectivity index (χ2n) is 16.4. The van der Waals surface area contributed by atoms with E-state index < -0.39 is 0 Å². The highest BCUT2D eigenvalue weighted by Gasteiger charge is 2.41. The molecule has 2 amide bonds. The van der Waals surface area contributed by atoms with Gasteiger partial charge >= 0.3 is 0 Å². The van der Waals surface area contributed by atoms with E-state index in [1.807, 2.05) is 91.0 Å². The SMILES string of the molecule is Cc1cc(C)c(-c2ccc3c4ccc(-c5c(C)cc(C)cc5C)cc4n(-c4cccc5c4C(=O)N(c4c(-c6ccccc6)cccc4-c4ccccc4)C5=O)c3c2)c(C)c1. The molecule has 290 valence electrons. The summed E-state index contributed by atoms with van der Waals surface area (Å²) in [5.41, 5.74) is 19.4. The minimum Gasteiger partial charge on any atom is -0.308 e. The van der Waals surface area contributed by atoms with Crippen molar-refractivity contribution in [3.05, 3.63) is 202 Å². The van der Waals surface area contributed by atoms with Gasteiger partial charge in [-0.1, -0.05) is 145 Å². The maximum atomic E-state index is 15.5. The maximum absolute atomic E-state index is 15.5. The summed E-state index contributed by atoms with van der Waals surface area (Å²) in [6.45, 7) is 13.0. The van der Waals surface area contributed by atoms with Gasteiger partial charge < -0.3 is 4.57 Å². The van der Waals surface area contributed by atoms with Crippen molar-refractivity contribution >= 4 is 39.3 Å². The Hall–Kier alpha value is -7.30. The van der Waals surface area contributed by atoms with Gasteiger partial charge in [0, 0.05) is 21.9 Å². The molecule has 0 fully saturated rings. The predicted molar refractivity (Wildman–Crippen MR) is 249 cm³/mol. The van der Waals surface area contributed by atoms with E-state index in [1.165, 1.54) is 49.4 Å². The normalized spacial score (nSPS) is 12.5. The van der Waals surface area contributed by atoms with Gasteiger partial charge in [0.15, 0.2) is 0 Å². The first-order chi connectivity index (χ1) is 29.1. The Bertz CT molecular complexity index is 3030. The third kappa shape index (κ3) is 5.82. The lowest BCUT2D eigenvalue weighted by Gasteiger charge is -2.23. The molecule has 9 aromatic rings. The predicted octanol–water partition coefficient (Wildman–Crippen LogP) is 14.1. The van der Waals surface area contributed by atoms with Crippen molar-refractivity contribution in [2.75, 3.05) is 4.90 Å². The Morgan fingerprint density at radius 3 is 1.27 bits per heavy atom. The molecule has 0 aliphatic carbocycles. The summed E-state index contributed by atoms with van der Waals surface area (Å²) in [7, 11) is 0. The average Bonchev–Trinajstić information content (AvgIpc) is 3.69. The maximum Gasteiger partial charge on any atom is 0.268 e. The van der Waals surface area contributed by atoms with E-state index in [4.69, 9.17) is 0 Å². The molecule has 0 atom stereocenters. The smallest absolute Gasteiger partial charge is 0.268 e. The Morgan fingerprint density at radius 1 is 0.367 bits per heavy atom. The summed E-state index contributed by atoms with van der Waals surface area (Å²) in [5.74, 6) is -0.680. The van der Waals surface area contributed by atoms with E-state index in [2.05, 4.69) is 107 Å². The number of hydrogen-bond acceptors (Lipinski definition) is 2. The van der Waals surface area contributed by atoms with Crippen LogP contribution in [-0.4, -0.2) is 16.4 Å². The molecule has 4 nitrogen and oxygen atoms in total. The molecule has 0 unspecified atom stereocenters. The standard InChI is InChI=1S/C56H44N2O2/c1-33-27-35(3)51(36(4)28-33)41-23-25-45-46-26-24-42(52-37(5)29-34(2)30-38(52)6)32-50(46)57(49(45)31-41)48-22-14-21-47-53(48)56(60)58(55(47)59)54-43(39-15-9-7-10-16-39)19-13-20-44(54)40-17-11-8-12-18-40/h7-32H,1-6H3. The highest BCUT2D eigenvalue weighted by Crippen LogP contribution is 2.46. The largest absolute Gasteiger partial charge is 0.308 e. The second-order valence-corrected chi connectivity index (χ2v) is 16.4. The number of imide groups is 1. The lowest BCUT2D eigenvalue weighted by Crippen LogP contribution is -2.30. The summed E-state index contributed by atoms with van der Waals surface area (Å²) in [6, 6.07) is 54.1. The van der Waals surface area contributed by atoms with Crippen molar-refractivity contribution in [2.24, 2.45) is 0 Å². The zero-order valence-electron chi connectivity index (χ0n) is 34.7. The molecule has 10 rings (SSSR count). The Labute approximate surface area is 351 Å². The van der Waals surface area contributed by atoms with Gasteiger partial charge in [-0.2, -0.15) is 0 Å². The molecule has 0 N–H and O–H groups in total. The molecular formula is C56H44N2O2. The number of rotatable bonds is 6. The fourth-order valence-corrected chi connectivity index (χ4v) is 10.0. The summed E-state index contributed by atoms with van der Waals surface area (Å²) in [4.78, 5) is 31.9. The van der Waals surface area contributed by atoms with Crippen molar-refractivity contribution in [1.82, 2.24) is 4.57 Å². The number of nitrogens with zero attached hydrogens (tertiary/aromatic N) is 2. The van der Waals surface area contributed by atoms with E-state index in [1.54, 1.807) is 6.07 Å². The zero-order valence-corrected chi connectivity index (χ0v) is 34.7. The van der Waals surface area contributed by atoms with Crippen molar-refractivity contribution < 1.29 is 9.59 Å². The van der Waals surface area contributed by atoms with Gasteiger partial charge in [-0.15, -0.1) is 0 Å². The molecule has 0 spiro atoms. The first kappa shape index (κ1) is 37.0. The van der Waals surface area contributed by atoms with Crippen LogP contribution in [-0.2, 0) is 0 Å². The van der Waals surface area contributed by atoms with Crippen LogP contribution in [0.2, 0.25) is 0 Å². The molecule has 1 aromatic heterocycles. The number of para-hydroxylation sites is 1. The van der Waals surface area contributed by atoms with Crippen LogP contribution in [0.3, 0.4) is 0 Å². The van der Waals surface area contributed by atoms with Crippen LogP contribution in [0.5, 0.6) is 0 Å². The Balaban J connectivity index is 1.25. The first-order valence-corrected chi connectivity index (χ1v) is 20.6. The number of fused-ring (bicyclic) bond motifs is 4. The highest BCUT2D eigenvalue weighted by atomic mass is 16.2. The topological polar surface area (TPSA) is 42.3 Å². The summed E-state index contributed by atoms with van der Waals surface area (Å²) in [6.07, 6.45) is 0. The van der Waals surface area contributed by atoms with E-state index in [0.29, 0.717) is 22.5 Å². The quantitative estimate of drug-likeness (QED) is 0.158. The van der Waals surface area contributed by atoms with Crippen LogP contribution in [0, 0.1) is 41.5 Å². The zero-order chi connectivity index (χ0) is 41.4. The van der Waals surface area contributed by atoms with E-state index in [0.717, 1.165) is 55.2 Å². The van der Waals surface area contributed by atoms with Crippen LogP contribution in [0.1, 0.15) is 54.1 Å². The molecule has 0 bridgehead atoms. The van der Waals surface area contributed by atoms with Gasteiger partial charge in [-0.05, 0) is 121 Å². The van der Waals surface area contributed by atoms with Gasteiger partial charge in [0.25, 0.3) is 11.8 Å². The number of anilines is 1. The Morgan fingerprint density at radius 2 is 0.800 bits per heavy atom. The average molecular weight is 777 g/mol. The molecule has 8 aromatic carbocycles. The van der Waals surface area contributed by atoms with Crippen LogP contribution in [0.15, 0.2) is 158 Å². The van der Waals surface area contributed by atoms with Gasteiger partial charge in [-0.3, -0.25) is 9.59 Å². The van der Waals surface area contributed by atoms with Crippen molar-refractivity contribution in [3.63, 3.8) is 0 Å². The molecule has 0 radical (unpaired) electrons. The minimum absolute atomic E-state index is 0.337. The molecule has 1 aliphatic rings. The van der Waals surface area contributed by atoms with Crippen LogP contribution < -0.4 is 4.90 Å². The minimum atomic E-state index is -0.344. The lowest BCUT2D eigenvalue weighted by molar-refractivity contribution is 0.0926. The van der Waals surface area contributed by atoms with Crippen LogP contribution in [0.25, 0.3) is 72.0 Å². The molecule has 4 heteroatoms. The van der Waals surface area contributed by atoms with E-state index >= 15 is 9.59 Å². The third-order valence-electron chi connectivity index (χ3n) is 12.3. The highest BCUT2D eigenvalue weighted by molar-refractivity contribution is 6.37. The fourth-order valence-electron chi connectivity index (χ4n) is 10.0. The van der Waals surface area contributed by atoms with E-state index in [-0.39, 0.29) is 11.8 Å². The Kier molecular flexibility index (Phi) is 8.76. The van der Waals surface area contributed by atoms with E-state index in [9.17, 15) is 0 Å². The fraction of sp³-hybridized carbons (Fsp3) is 0.107. The molecule has 0 saturated carbocycles. The second kappa shape index (κ2) is 14.2. The van der Waals surface area contributed by atoms with Gasteiger partial charge in [0.2, 0.25) is 0 Å². The van der Waals surface area contributed by atoms with Gasteiger partial charge in [0.05, 0.1) is 33.5 Å².